The van der Waals surface area contributed by atoms with Gasteiger partial charge in [-0.05, 0) is 35.9 Å². The highest BCUT2D eigenvalue weighted by Crippen LogP contribution is 2.32. The van der Waals surface area contributed by atoms with Crippen LogP contribution in [0.4, 0.5) is 14.9 Å². The van der Waals surface area contributed by atoms with E-state index in [9.17, 15) is 14.0 Å². The third-order valence-electron chi connectivity index (χ3n) is 4.47. The van der Waals surface area contributed by atoms with Crippen LogP contribution < -0.4 is 25.0 Å². The maximum Gasteiger partial charge on any atom is 0.315 e. The summed E-state index contributed by atoms with van der Waals surface area (Å²) in [7, 11) is 0. The van der Waals surface area contributed by atoms with E-state index in [4.69, 9.17) is 9.47 Å². The zero-order valence-corrected chi connectivity index (χ0v) is 14.4. The van der Waals surface area contributed by atoms with Gasteiger partial charge in [0.2, 0.25) is 12.7 Å². The van der Waals surface area contributed by atoms with Gasteiger partial charge in [0, 0.05) is 25.2 Å². The van der Waals surface area contributed by atoms with Crippen molar-refractivity contribution in [3.63, 3.8) is 0 Å². The summed E-state index contributed by atoms with van der Waals surface area (Å²) in [5.74, 6) is 0.784. The highest BCUT2D eigenvalue weighted by Gasteiger charge is 2.31. The first kappa shape index (κ1) is 17.1. The van der Waals surface area contributed by atoms with E-state index in [1.54, 1.807) is 18.2 Å². The van der Waals surface area contributed by atoms with Crippen LogP contribution in [0.25, 0.3) is 0 Å². The number of carbonyl (C=O) groups is 2. The summed E-state index contributed by atoms with van der Waals surface area (Å²) in [5, 5.41) is 5.54. The van der Waals surface area contributed by atoms with Crippen molar-refractivity contribution in [1.29, 1.82) is 0 Å². The molecule has 0 saturated carbocycles. The Labute approximate surface area is 155 Å². The zero-order chi connectivity index (χ0) is 18.8. The van der Waals surface area contributed by atoms with Gasteiger partial charge in [-0.1, -0.05) is 12.1 Å². The van der Waals surface area contributed by atoms with E-state index >= 15 is 0 Å². The lowest BCUT2D eigenvalue weighted by molar-refractivity contribution is -0.117. The molecule has 1 saturated heterocycles. The van der Waals surface area contributed by atoms with Crippen LogP contribution in [-0.4, -0.2) is 31.3 Å². The van der Waals surface area contributed by atoms with Crippen molar-refractivity contribution in [2.24, 2.45) is 0 Å². The molecule has 1 fully saturated rings. The third kappa shape index (κ3) is 3.79. The number of hydrogen-bond acceptors (Lipinski definition) is 4. The van der Waals surface area contributed by atoms with Crippen LogP contribution in [0.3, 0.4) is 0 Å². The number of anilines is 1. The van der Waals surface area contributed by atoms with Crippen molar-refractivity contribution in [3.05, 3.63) is 53.8 Å². The van der Waals surface area contributed by atoms with Crippen LogP contribution in [0.1, 0.15) is 12.0 Å². The summed E-state index contributed by atoms with van der Waals surface area (Å²) in [4.78, 5) is 25.8. The van der Waals surface area contributed by atoms with E-state index in [1.807, 2.05) is 12.1 Å². The monoisotopic (exact) mass is 371 g/mol. The topological polar surface area (TPSA) is 79.9 Å². The van der Waals surface area contributed by atoms with Gasteiger partial charge in [0.25, 0.3) is 0 Å². The van der Waals surface area contributed by atoms with Crippen molar-refractivity contribution in [2.45, 2.75) is 19.0 Å². The molecule has 3 amide bonds. The molecular weight excluding hydrogens is 353 g/mol. The molecule has 0 aromatic heterocycles. The molecule has 1 atom stereocenters. The molecule has 2 aromatic carbocycles. The first-order valence-corrected chi connectivity index (χ1v) is 8.57. The fourth-order valence-corrected chi connectivity index (χ4v) is 3.17. The SMILES string of the molecule is O=C(NCc1ccc2c(c1)OCO2)NC1CC(=O)N(c2cccc(F)c2)C1. The fraction of sp³-hybridized carbons (Fsp3) is 0.263. The Morgan fingerprint density at radius 1 is 1.19 bits per heavy atom. The Morgan fingerprint density at radius 3 is 2.89 bits per heavy atom. The lowest BCUT2D eigenvalue weighted by Crippen LogP contribution is -2.43. The van der Waals surface area contributed by atoms with Crippen LogP contribution in [0.5, 0.6) is 11.5 Å². The largest absolute Gasteiger partial charge is 0.454 e. The highest BCUT2D eigenvalue weighted by atomic mass is 19.1. The number of halogens is 1. The Bertz CT molecular complexity index is 889. The maximum absolute atomic E-state index is 13.4. The van der Waals surface area contributed by atoms with Crippen molar-refractivity contribution in [3.8, 4) is 11.5 Å². The number of urea groups is 1. The molecular formula is C19H18FN3O4. The predicted octanol–water partition coefficient (Wildman–Crippen LogP) is 2.16. The smallest absolute Gasteiger partial charge is 0.315 e. The Hall–Kier alpha value is -3.29. The van der Waals surface area contributed by atoms with Gasteiger partial charge in [0.15, 0.2) is 11.5 Å². The first-order chi connectivity index (χ1) is 13.1. The quantitative estimate of drug-likeness (QED) is 0.863. The molecule has 7 nitrogen and oxygen atoms in total. The average molecular weight is 371 g/mol. The molecule has 140 valence electrons. The molecule has 0 bridgehead atoms. The Balaban J connectivity index is 1.30. The fourth-order valence-electron chi connectivity index (χ4n) is 3.17. The zero-order valence-electron chi connectivity index (χ0n) is 14.4. The van der Waals surface area contributed by atoms with Crippen molar-refractivity contribution in [2.75, 3.05) is 18.2 Å². The minimum Gasteiger partial charge on any atom is -0.454 e. The van der Waals surface area contributed by atoms with E-state index in [-0.39, 0.29) is 31.2 Å². The number of benzene rings is 2. The minimum absolute atomic E-state index is 0.151. The van der Waals surface area contributed by atoms with Gasteiger partial charge in [-0.3, -0.25) is 4.79 Å². The molecule has 2 aliphatic rings. The van der Waals surface area contributed by atoms with Crippen LogP contribution in [-0.2, 0) is 11.3 Å². The van der Waals surface area contributed by atoms with Gasteiger partial charge in [0.05, 0.1) is 6.04 Å². The van der Waals surface area contributed by atoms with Crippen LogP contribution in [0.15, 0.2) is 42.5 Å². The number of nitrogens with zero attached hydrogens (tertiary/aromatic N) is 1. The molecule has 0 radical (unpaired) electrons. The predicted molar refractivity (Wildman–Crippen MR) is 95.1 cm³/mol. The first-order valence-electron chi connectivity index (χ1n) is 8.57. The summed E-state index contributed by atoms with van der Waals surface area (Å²) >= 11 is 0. The summed E-state index contributed by atoms with van der Waals surface area (Å²) in [6, 6.07) is 10.6. The van der Waals surface area contributed by atoms with Gasteiger partial charge in [-0.2, -0.15) is 0 Å². The Morgan fingerprint density at radius 2 is 2.04 bits per heavy atom. The van der Waals surface area contributed by atoms with E-state index in [2.05, 4.69) is 10.6 Å². The molecule has 0 aliphatic carbocycles. The summed E-state index contributed by atoms with van der Waals surface area (Å²) in [5.41, 5.74) is 1.36. The maximum atomic E-state index is 13.4. The standard InChI is InChI=1S/C19H18FN3O4/c20-13-2-1-3-15(7-13)23-10-14(8-18(23)24)22-19(25)21-9-12-4-5-16-17(6-12)27-11-26-16/h1-7,14H,8-11H2,(H2,21,22,25). The molecule has 2 aromatic rings. The summed E-state index contributed by atoms with van der Waals surface area (Å²) in [6.07, 6.45) is 0.175. The van der Waals surface area contributed by atoms with Gasteiger partial charge in [-0.15, -0.1) is 0 Å². The number of fused-ring (bicyclic) bond motifs is 1. The molecule has 2 N–H and O–H groups in total. The van der Waals surface area contributed by atoms with E-state index in [0.717, 1.165) is 5.56 Å². The molecule has 2 heterocycles. The molecule has 8 heteroatoms. The number of rotatable bonds is 4. The van der Waals surface area contributed by atoms with Crippen LogP contribution in [0, 0.1) is 5.82 Å². The molecule has 0 spiro atoms. The number of amides is 3. The second-order valence-electron chi connectivity index (χ2n) is 6.40. The average Bonchev–Trinajstić information content (AvgIpc) is 3.25. The molecule has 2 aliphatic heterocycles. The molecule has 1 unspecified atom stereocenters. The Kier molecular flexibility index (Phi) is 4.53. The number of carbonyl (C=O) groups excluding carboxylic acids is 2. The summed E-state index contributed by atoms with van der Waals surface area (Å²) < 4.78 is 23.9. The van der Waals surface area contributed by atoms with Crippen LogP contribution >= 0.6 is 0 Å². The van der Waals surface area contributed by atoms with Gasteiger partial charge in [-0.25, -0.2) is 9.18 Å². The van der Waals surface area contributed by atoms with E-state index < -0.39 is 5.82 Å². The third-order valence-corrected chi connectivity index (χ3v) is 4.47. The second-order valence-corrected chi connectivity index (χ2v) is 6.40. The van der Waals surface area contributed by atoms with Crippen molar-refractivity contribution in [1.82, 2.24) is 10.6 Å². The van der Waals surface area contributed by atoms with Gasteiger partial charge in [0.1, 0.15) is 5.82 Å². The number of hydrogen-bond donors (Lipinski definition) is 2. The van der Waals surface area contributed by atoms with Gasteiger partial charge >= 0.3 is 6.03 Å². The summed E-state index contributed by atoms with van der Waals surface area (Å²) in [6.45, 7) is 0.820. The highest BCUT2D eigenvalue weighted by molar-refractivity contribution is 5.96. The van der Waals surface area contributed by atoms with E-state index in [0.29, 0.717) is 30.3 Å². The van der Waals surface area contributed by atoms with Crippen LogP contribution in [0.2, 0.25) is 0 Å². The normalized spacial score (nSPS) is 17.9. The lowest BCUT2D eigenvalue weighted by Gasteiger charge is -2.17. The lowest BCUT2D eigenvalue weighted by atomic mass is 10.2. The van der Waals surface area contributed by atoms with Crippen molar-refractivity contribution >= 4 is 17.6 Å². The number of nitrogens with one attached hydrogen (secondary N) is 2. The van der Waals surface area contributed by atoms with E-state index in [1.165, 1.54) is 17.0 Å². The number of ether oxygens (including phenoxy) is 2. The minimum atomic E-state index is -0.404. The van der Waals surface area contributed by atoms with Crippen molar-refractivity contribution < 1.29 is 23.5 Å². The second kappa shape index (κ2) is 7.14. The molecule has 27 heavy (non-hydrogen) atoms. The van der Waals surface area contributed by atoms with Gasteiger partial charge < -0.3 is 25.0 Å². The molecule has 4 rings (SSSR count).